The van der Waals surface area contributed by atoms with E-state index in [1.165, 1.54) is 18.3 Å². The number of hydrogen-bond donors (Lipinski definition) is 1. The number of ether oxygens (including phenoxy) is 1. The number of fused-ring (bicyclic) bond motifs is 2. The Morgan fingerprint density at radius 3 is 2.68 bits per heavy atom. The summed E-state index contributed by atoms with van der Waals surface area (Å²) in [6.07, 6.45) is 1.73. The van der Waals surface area contributed by atoms with Gasteiger partial charge in [-0.2, -0.15) is 0 Å². The predicted molar refractivity (Wildman–Crippen MR) is 133 cm³/mol. The number of Topliss-reactive ketones (excluding diaryl/α,β-unsaturated/α-hetero) is 1. The van der Waals surface area contributed by atoms with Crippen LogP contribution in [0.2, 0.25) is 0 Å². The number of phenols is 1. The van der Waals surface area contributed by atoms with Gasteiger partial charge >= 0.3 is 0 Å². The number of carbonyl (C=O) groups is 1. The summed E-state index contributed by atoms with van der Waals surface area (Å²) < 4.78 is 7.78. The molecule has 1 aromatic heterocycles. The fourth-order valence-electron chi connectivity index (χ4n) is 4.55. The van der Waals surface area contributed by atoms with E-state index in [1.807, 2.05) is 42.5 Å². The monoisotopic (exact) mass is 470 g/mol. The van der Waals surface area contributed by atoms with Crippen molar-refractivity contribution in [2.45, 2.75) is 19.9 Å². The summed E-state index contributed by atoms with van der Waals surface area (Å²) in [5, 5.41) is 11.7. The van der Waals surface area contributed by atoms with E-state index < -0.39 is 6.04 Å². The van der Waals surface area contributed by atoms with Crippen molar-refractivity contribution in [1.29, 1.82) is 0 Å². The molecular weight excluding hydrogens is 448 g/mol. The maximum atomic E-state index is 13.7. The van der Waals surface area contributed by atoms with Crippen molar-refractivity contribution in [2.75, 3.05) is 7.11 Å². The molecule has 0 spiro atoms. The first-order chi connectivity index (χ1) is 16.4. The van der Waals surface area contributed by atoms with Crippen LogP contribution in [0, 0.1) is 0 Å². The van der Waals surface area contributed by atoms with Gasteiger partial charge < -0.3 is 9.84 Å². The lowest BCUT2D eigenvalue weighted by Gasteiger charge is -2.27. The molecular formula is C27H22N2O4S. The zero-order chi connectivity index (χ0) is 24.0. The smallest absolute Gasteiger partial charge is 0.271 e. The number of nitrogens with zero attached hydrogens (tertiary/aromatic N) is 2. The minimum absolute atomic E-state index is 0.120. The Labute approximate surface area is 199 Å². The Morgan fingerprint density at radius 1 is 1.15 bits per heavy atom. The highest BCUT2D eigenvalue weighted by Crippen LogP contribution is 2.40. The van der Waals surface area contributed by atoms with Gasteiger partial charge in [0.1, 0.15) is 11.5 Å². The van der Waals surface area contributed by atoms with Gasteiger partial charge in [0.15, 0.2) is 10.6 Å². The van der Waals surface area contributed by atoms with E-state index in [0.717, 1.165) is 16.3 Å². The molecule has 3 aromatic carbocycles. The first-order valence-electron chi connectivity index (χ1n) is 10.8. The molecule has 2 heterocycles. The van der Waals surface area contributed by atoms with Crippen molar-refractivity contribution in [3.8, 4) is 11.5 Å². The van der Waals surface area contributed by atoms with Gasteiger partial charge in [0, 0.05) is 16.8 Å². The number of aromatic hydroxyl groups is 1. The molecule has 0 fully saturated rings. The van der Waals surface area contributed by atoms with Gasteiger partial charge in [0.25, 0.3) is 5.56 Å². The SMILES string of the molecule is COc1ccc2ccccc2c1C1C(C(C)=O)=C(C)N=c2s/c(=C\c3cccc(O)c3)c(=O)n21. The largest absolute Gasteiger partial charge is 0.508 e. The van der Waals surface area contributed by atoms with Crippen LogP contribution >= 0.6 is 11.3 Å². The second-order valence-electron chi connectivity index (χ2n) is 8.14. The number of carbonyl (C=O) groups excluding carboxylic acids is 1. The molecule has 1 atom stereocenters. The minimum Gasteiger partial charge on any atom is -0.508 e. The molecule has 5 rings (SSSR count). The van der Waals surface area contributed by atoms with Crippen molar-refractivity contribution in [2.24, 2.45) is 4.99 Å². The molecule has 0 bridgehead atoms. The Kier molecular flexibility index (Phi) is 5.42. The molecule has 1 N–H and O–H groups in total. The van der Waals surface area contributed by atoms with Crippen LogP contribution in [0.25, 0.3) is 16.8 Å². The number of hydrogen-bond acceptors (Lipinski definition) is 6. The van der Waals surface area contributed by atoms with Gasteiger partial charge in [-0.15, -0.1) is 0 Å². The topological polar surface area (TPSA) is 80.9 Å². The molecule has 7 heteroatoms. The van der Waals surface area contributed by atoms with Crippen LogP contribution < -0.4 is 19.6 Å². The number of ketones is 1. The van der Waals surface area contributed by atoms with Gasteiger partial charge in [-0.05, 0) is 54.5 Å². The molecule has 170 valence electrons. The summed E-state index contributed by atoms with van der Waals surface area (Å²) in [6, 6.07) is 17.7. The van der Waals surface area contributed by atoms with Crippen LogP contribution in [-0.2, 0) is 4.79 Å². The third-order valence-corrected chi connectivity index (χ3v) is 6.98. The molecule has 0 saturated heterocycles. The van der Waals surface area contributed by atoms with Crippen LogP contribution in [0.3, 0.4) is 0 Å². The van der Waals surface area contributed by atoms with Crippen molar-refractivity contribution in [3.63, 3.8) is 0 Å². The molecule has 1 aliphatic heterocycles. The number of benzene rings is 3. The lowest BCUT2D eigenvalue weighted by molar-refractivity contribution is -0.114. The Hall–Kier alpha value is -3.97. The van der Waals surface area contributed by atoms with Crippen molar-refractivity contribution >= 4 is 34.0 Å². The lowest BCUT2D eigenvalue weighted by atomic mass is 9.89. The maximum Gasteiger partial charge on any atom is 0.271 e. The van der Waals surface area contributed by atoms with Crippen LogP contribution in [0.4, 0.5) is 0 Å². The summed E-state index contributed by atoms with van der Waals surface area (Å²) in [5.41, 5.74) is 2.25. The van der Waals surface area contributed by atoms with Gasteiger partial charge in [0.2, 0.25) is 0 Å². The van der Waals surface area contributed by atoms with Crippen LogP contribution in [-0.4, -0.2) is 22.6 Å². The summed E-state index contributed by atoms with van der Waals surface area (Å²) in [6.45, 7) is 3.30. The Balaban J connectivity index is 1.87. The van der Waals surface area contributed by atoms with Gasteiger partial charge in [0.05, 0.1) is 17.7 Å². The van der Waals surface area contributed by atoms with E-state index in [2.05, 4.69) is 4.99 Å². The average molecular weight is 471 g/mol. The summed E-state index contributed by atoms with van der Waals surface area (Å²) in [4.78, 5) is 31.8. The maximum absolute atomic E-state index is 13.7. The van der Waals surface area contributed by atoms with E-state index >= 15 is 0 Å². The van der Waals surface area contributed by atoms with Gasteiger partial charge in [-0.25, -0.2) is 4.99 Å². The third-order valence-electron chi connectivity index (χ3n) is 5.99. The highest BCUT2D eigenvalue weighted by molar-refractivity contribution is 7.07. The second-order valence-corrected chi connectivity index (χ2v) is 9.14. The van der Waals surface area contributed by atoms with E-state index in [4.69, 9.17) is 4.74 Å². The number of thiazole rings is 1. The molecule has 0 aliphatic carbocycles. The molecule has 0 radical (unpaired) electrons. The lowest BCUT2D eigenvalue weighted by Crippen LogP contribution is -2.39. The van der Waals surface area contributed by atoms with Gasteiger partial charge in [-0.3, -0.25) is 14.2 Å². The molecule has 0 amide bonds. The molecule has 6 nitrogen and oxygen atoms in total. The summed E-state index contributed by atoms with van der Waals surface area (Å²) >= 11 is 1.26. The first-order valence-corrected chi connectivity index (χ1v) is 11.6. The van der Waals surface area contributed by atoms with Gasteiger partial charge in [-0.1, -0.05) is 53.8 Å². The molecule has 1 aliphatic rings. The average Bonchev–Trinajstić information content (AvgIpc) is 3.11. The first kappa shape index (κ1) is 21.9. The van der Waals surface area contributed by atoms with Crippen LogP contribution in [0.5, 0.6) is 11.5 Å². The molecule has 34 heavy (non-hydrogen) atoms. The number of methoxy groups -OCH3 is 1. The number of rotatable bonds is 4. The number of aromatic nitrogens is 1. The third kappa shape index (κ3) is 3.54. The summed E-state index contributed by atoms with van der Waals surface area (Å²) in [7, 11) is 1.59. The fraction of sp³-hybridized carbons (Fsp3) is 0.148. The highest BCUT2D eigenvalue weighted by atomic mass is 32.1. The minimum atomic E-state index is -0.680. The fourth-order valence-corrected chi connectivity index (χ4v) is 5.59. The molecule has 1 unspecified atom stereocenters. The quantitative estimate of drug-likeness (QED) is 0.493. The second kappa shape index (κ2) is 8.43. The van der Waals surface area contributed by atoms with E-state index in [0.29, 0.717) is 31.9 Å². The number of allylic oxidation sites excluding steroid dienone is 2. The van der Waals surface area contributed by atoms with Crippen molar-refractivity contribution < 1.29 is 14.6 Å². The van der Waals surface area contributed by atoms with Crippen molar-refractivity contribution in [1.82, 2.24) is 4.57 Å². The zero-order valence-corrected chi connectivity index (χ0v) is 19.7. The Bertz CT molecular complexity index is 1680. The van der Waals surface area contributed by atoms with E-state index in [9.17, 15) is 14.7 Å². The highest BCUT2D eigenvalue weighted by Gasteiger charge is 2.33. The standard InChI is InChI=1S/C27H22N2O4S/c1-15-23(16(2)30)25(24-20-10-5-4-8-18(20)11-12-21(24)33-3)29-26(32)22(34-27(29)28-15)14-17-7-6-9-19(31)13-17/h4-14,25,31H,1-3H3/b22-14-. The van der Waals surface area contributed by atoms with E-state index in [1.54, 1.807) is 42.9 Å². The predicted octanol–water partition coefficient (Wildman–Crippen LogP) is 3.69. The number of phenolic OH excluding ortho intramolecular Hbond substituents is 1. The van der Waals surface area contributed by atoms with Crippen LogP contribution in [0.1, 0.15) is 31.0 Å². The zero-order valence-electron chi connectivity index (χ0n) is 18.9. The normalized spacial score (nSPS) is 15.9. The van der Waals surface area contributed by atoms with Crippen LogP contribution in [0.15, 0.2) is 81.7 Å². The molecule has 4 aromatic rings. The molecule has 0 saturated carbocycles. The summed E-state index contributed by atoms with van der Waals surface area (Å²) in [5.74, 6) is 0.567. The Morgan fingerprint density at radius 2 is 1.94 bits per heavy atom. The van der Waals surface area contributed by atoms with Crippen molar-refractivity contribution in [3.05, 3.63) is 103 Å². The van der Waals surface area contributed by atoms with E-state index in [-0.39, 0.29) is 17.1 Å².